The van der Waals surface area contributed by atoms with E-state index in [0.29, 0.717) is 0 Å². The molecule has 4 nitrogen and oxygen atoms in total. The predicted octanol–water partition coefficient (Wildman–Crippen LogP) is -0.425. The molecular formula is C12H26CuN4. The maximum absolute atomic E-state index is 3.55. The van der Waals surface area contributed by atoms with Crippen molar-refractivity contribution in [3.63, 3.8) is 0 Å². The Hall–Kier alpha value is 0.359. The zero-order chi connectivity index (χ0) is 11.1. The number of hydrogen-bond donors (Lipinski definition) is 2. The van der Waals surface area contributed by atoms with Crippen LogP contribution in [0.5, 0.6) is 0 Å². The molecule has 2 heterocycles. The molecule has 2 rings (SSSR count). The molecular weight excluding hydrogens is 264 g/mol. The van der Waals surface area contributed by atoms with E-state index in [-0.39, 0.29) is 17.1 Å². The number of nitrogens with zero attached hydrogens (tertiary/aromatic N) is 2. The van der Waals surface area contributed by atoms with Gasteiger partial charge in [0.25, 0.3) is 0 Å². The standard InChI is InChI=1S/C12H26N4.Cu/c1-3-13-4-11-16-9-2-8-15(7-1)10-5-14-6-12-16;/h13-14H,1-12H2;/i;1+0. The summed E-state index contributed by atoms with van der Waals surface area (Å²) < 4.78 is 0. The summed E-state index contributed by atoms with van der Waals surface area (Å²) in [5, 5.41) is 7.10. The molecule has 2 unspecified atom stereocenters. The van der Waals surface area contributed by atoms with Crippen LogP contribution in [0.3, 0.4) is 0 Å². The third kappa shape index (κ3) is 6.18. The van der Waals surface area contributed by atoms with Crippen molar-refractivity contribution in [2.45, 2.75) is 12.8 Å². The van der Waals surface area contributed by atoms with Crippen LogP contribution in [0.4, 0.5) is 0 Å². The predicted molar refractivity (Wildman–Crippen MR) is 67.9 cm³/mol. The van der Waals surface area contributed by atoms with Crippen LogP contribution in [0.1, 0.15) is 12.8 Å². The molecule has 5 heteroatoms. The summed E-state index contributed by atoms with van der Waals surface area (Å²) in [5.74, 6) is 0. The second kappa shape index (κ2) is 9.31. The van der Waals surface area contributed by atoms with E-state index in [1.165, 1.54) is 58.7 Å². The Kier molecular flexibility index (Phi) is 8.44. The van der Waals surface area contributed by atoms with Crippen molar-refractivity contribution < 1.29 is 17.1 Å². The number of fused-ring (bicyclic) bond motifs is 4. The second-order valence-corrected chi connectivity index (χ2v) is 4.89. The van der Waals surface area contributed by atoms with Gasteiger partial charge in [0.2, 0.25) is 0 Å². The Labute approximate surface area is 116 Å². The quantitative estimate of drug-likeness (QED) is 0.593. The van der Waals surface area contributed by atoms with Gasteiger partial charge < -0.3 is 20.4 Å². The Bertz CT molecular complexity index is 173. The summed E-state index contributed by atoms with van der Waals surface area (Å²) in [5.41, 5.74) is 0. The van der Waals surface area contributed by atoms with Crippen molar-refractivity contribution in [2.75, 3.05) is 65.4 Å². The summed E-state index contributed by atoms with van der Waals surface area (Å²) in [4.78, 5) is 5.21. The van der Waals surface area contributed by atoms with Gasteiger partial charge in [-0.15, -0.1) is 0 Å². The van der Waals surface area contributed by atoms with Gasteiger partial charge >= 0.3 is 0 Å². The van der Waals surface area contributed by atoms with Gasteiger partial charge in [-0.1, -0.05) is 0 Å². The minimum Gasteiger partial charge on any atom is -0.315 e. The topological polar surface area (TPSA) is 30.5 Å². The molecule has 0 aliphatic carbocycles. The number of rotatable bonds is 0. The Morgan fingerprint density at radius 3 is 1.65 bits per heavy atom. The van der Waals surface area contributed by atoms with E-state index in [2.05, 4.69) is 20.4 Å². The fourth-order valence-corrected chi connectivity index (χ4v) is 2.58. The van der Waals surface area contributed by atoms with Crippen LogP contribution in [0.15, 0.2) is 0 Å². The molecule has 2 saturated heterocycles. The molecule has 2 aliphatic heterocycles. The molecule has 0 aromatic rings. The van der Waals surface area contributed by atoms with Gasteiger partial charge in [0.05, 0.1) is 0 Å². The van der Waals surface area contributed by atoms with Crippen molar-refractivity contribution in [3.8, 4) is 0 Å². The van der Waals surface area contributed by atoms with E-state index in [1.54, 1.807) is 0 Å². The Balaban J connectivity index is 0.00000144. The molecule has 0 aromatic heterocycles. The zero-order valence-corrected chi connectivity index (χ0v) is 11.6. The van der Waals surface area contributed by atoms with E-state index in [1.807, 2.05) is 0 Å². The van der Waals surface area contributed by atoms with Crippen LogP contribution in [0, 0.1) is 0 Å². The summed E-state index contributed by atoms with van der Waals surface area (Å²) in [6.07, 6.45) is 2.62. The van der Waals surface area contributed by atoms with Crippen LogP contribution < -0.4 is 10.6 Å². The Morgan fingerprint density at radius 2 is 1.00 bits per heavy atom. The van der Waals surface area contributed by atoms with Crippen molar-refractivity contribution in [2.24, 2.45) is 0 Å². The monoisotopic (exact) mass is 290 g/mol. The molecule has 2 aliphatic rings. The summed E-state index contributed by atoms with van der Waals surface area (Å²) in [6, 6.07) is 0. The number of hydrogen-bond acceptors (Lipinski definition) is 4. The summed E-state index contributed by atoms with van der Waals surface area (Å²) >= 11 is 0. The fraction of sp³-hybridized carbons (Fsp3) is 1.00. The van der Waals surface area contributed by atoms with E-state index < -0.39 is 0 Å². The normalized spacial score (nSPS) is 32.5. The number of nitrogens with one attached hydrogen (secondary N) is 2. The van der Waals surface area contributed by atoms with Gasteiger partial charge in [-0.3, -0.25) is 0 Å². The first-order chi connectivity index (χ1) is 7.95. The molecule has 2 N–H and O–H groups in total. The van der Waals surface area contributed by atoms with Gasteiger partial charge in [-0.2, -0.15) is 0 Å². The van der Waals surface area contributed by atoms with Crippen molar-refractivity contribution in [3.05, 3.63) is 0 Å². The molecule has 0 aromatic carbocycles. The first-order valence-corrected chi connectivity index (χ1v) is 6.81. The van der Waals surface area contributed by atoms with Crippen LogP contribution in [-0.4, -0.2) is 75.2 Å². The fourth-order valence-electron chi connectivity index (χ4n) is 2.58. The minimum atomic E-state index is 0. The molecule has 2 fully saturated rings. The van der Waals surface area contributed by atoms with Crippen LogP contribution >= 0.6 is 0 Å². The van der Waals surface area contributed by atoms with E-state index in [0.717, 1.165) is 19.6 Å². The van der Waals surface area contributed by atoms with Gasteiger partial charge in [0.1, 0.15) is 0 Å². The first-order valence-electron chi connectivity index (χ1n) is 6.81. The van der Waals surface area contributed by atoms with Crippen molar-refractivity contribution >= 4 is 0 Å². The summed E-state index contributed by atoms with van der Waals surface area (Å²) in [6.45, 7) is 12.1. The molecule has 1 radical (unpaired) electrons. The molecule has 17 heavy (non-hydrogen) atoms. The zero-order valence-electron chi connectivity index (χ0n) is 10.7. The average molecular weight is 290 g/mol. The molecule has 0 amide bonds. The largest absolute Gasteiger partial charge is 0.315 e. The molecule has 0 spiro atoms. The van der Waals surface area contributed by atoms with Crippen LogP contribution in [0.25, 0.3) is 0 Å². The third-order valence-corrected chi connectivity index (χ3v) is 3.59. The smallest absolute Gasteiger partial charge is 0.0107 e. The second-order valence-electron chi connectivity index (χ2n) is 4.89. The Morgan fingerprint density at radius 1 is 0.529 bits per heavy atom. The minimum absolute atomic E-state index is 0. The SMILES string of the molecule is C1CNCCN2CCCN(C1)CCNCC2.[64Cu]. The van der Waals surface area contributed by atoms with Crippen molar-refractivity contribution in [1.29, 1.82) is 0 Å². The van der Waals surface area contributed by atoms with Gasteiger partial charge in [-0.25, -0.2) is 0 Å². The first kappa shape index (κ1) is 15.4. The summed E-state index contributed by atoms with van der Waals surface area (Å²) in [7, 11) is 0. The molecule has 2 atom stereocenters. The van der Waals surface area contributed by atoms with Crippen LogP contribution in [0.2, 0.25) is 0 Å². The van der Waals surface area contributed by atoms with Gasteiger partial charge in [0.15, 0.2) is 0 Å². The molecule has 2 bridgehead atoms. The van der Waals surface area contributed by atoms with Crippen molar-refractivity contribution in [1.82, 2.24) is 20.4 Å². The average Bonchev–Trinajstić information content (AvgIpc) is 2.34. The van der Waals surface area contributed by atoms with E-state index in [9.17, 15) is 0 Å². The maximum atomic E-state index is 3.55. The molecule has 0 saturated carbocycles. The molecule has 105 valence electrons. The van der Waals surface area contributed by atoms with Gasteiger partial charge in [-0.05, 0) is 39.0 Å². The van der Waals surface area contributed by atoms with Crippen LogP contribution in [-0.2, 0) is 17.1 Å². The van der Waals surface area contributed by atoms with Gasteiger partial charge in [0, 0.05) is 56.3 Å². The van der Waals surface area contributed by atoms with E-state index in [4.69, 9.17) is 0 Å². The van der Waals surface area contributed by atoms with E-state index >= 15 is 0 Å². The maximum Gasteiger partial charge on any atom is 0.0107 e. The third-order valence-electron chi connectivity index (χ3n) is 3.59.